The normalized spacial score (nSPS) is 12.4. The molecule has 8 heteroatoms. The Morgan fingerprint density at radius 2 is 2.03 bits per heavy atom. The number of pyridine rings is 1. The molecule has 0 spiro atoms. The third-order valence-electron chi connectivity index (χ3n) is 4.51. The van der Waals surface area contributed by atoms with E-state index < -0.39 is 0 Å². The first-order chi connectivity index (χ1) is 14.8. The molecule has 2 aromatic heterocycles. The number of benzene rings is 1. The number of allylic oxidation sites excluding steroid dienone is 1. The highest BCUT2D eigenvalue weighted by Gasteiger charge is 2.13. The van der Waals surface area contributed by atoms with Crippen LogP contribution in [0.2, 0.25) is 0 Å². The van der Waals surface area contributed by atoms with Crippen LogP contribution in [0, 0.1) is 5.41 Å². The highest BCUT2D eigenvalue weighted by Crippen LogP contribution is 2.30. The van der Waals surface area contributed by atoms with Gasteiger partial charge in [0.05, 0.1) is 12.8 Å². The number of aliphatic imine (C=N–C) groups is 1. The Morgan fingerprint density at radius 1 is 1.23 bits per heavy atom. The van der Waals surface area contributed by atoms with Crippen molar-refractivity contribution in [1.82, 2.24) is 15.0 Å². The van der Waals surface area contributed by atoms with Crippen molar-refractivity contribution < 1.29 is 4.74 Å². The van der Waals surface area contributed by atoms with Gasteiger partial charge in [-0.2, -0.15) is 0 Å². The van der Waals surface area contributed by atoms with Crippen molar-refractivity contribution in [2.45, 2.75) is 20.8 Å². The lowest BCUT2D eigenvalue weighted by Gasteiger charge is -2.19. The SMILES string of the molecule is CN=CC(=CN)c1ccc(Nc2ncc3ccnc(NCC(C)(C)C)c3n2)c(OC)c1. The summed E-state index contributed by atoms with van der Waals surface area (Å²) in [5.41, 5.74) is 9.03. The first kappa shape index (κ1) is 22.0. The summed E-state index contributed by atoms with van der Waals surface area (Å²) in [6, 6.07) is 7.62. The van der Waals surface area contributed by atoms with Crippen molar-refractivity contribution in [2.24, 2.45) is 16.1 Å². The van der Waals surface area contributed by atoms with E-state index in [-0.39, 0.29) is 5.41 Å². The third-order valence-corrected chi connectivity index (χ3v) is 4.51. The van der Waals surface area contributed by atoms with Crippen molar-refractivity contribution in [3.05, 3.63) is 48.4 Å². The van der Waals surface area contributed by atoms with Crippen LogP contribution in [0.3, 0.4) is 0 Å². The van der Waals surface area contributed by atoms with Crippen molar-refractivity contribution in [1.29, 1.82) is 0 Å². The maximum atomic E-state index is 5.72. The molecule has 0 bridgehead atoms. The first-order valence-electron chi connectivity index (χ1n) is 10.00. The third kappa shape index (κ3) is 5.48. The molecule has 0 saturated carbocycles. The molecule has 3 rings (SSSR count). The van der Waals surface area contributed by atoms with E-state index in [1.807, 2.05) is 24.3 Å². The quantitative estimate of drug-likeness (QED) is 0.491. The van der Waals surface area contributed by atoms with Gasteiger partial charge in [0.25, 0.3) is 0 Å². The molecule has 3 aromatic rings. The molecule has 0 atom stereocenters. The lowest BCUT2D eigenvalue weighted by molar-refractivity contribution is 0.416. The van der Waals surface area contributed by atoms with Crippen LogP contribution in [0.15, 0.2) is 47.9 Å². The van der Waals surface area contributed by atoms with Crippen LogP contribution in [-0.2, 0) is 0 Å². The fraction of sp³-hybridized carbons (Fsp3) is 0.304. The summed E-state index contributed by atoms with van der Waals surface area (Å²) in [5, 5.41) is 7.55. The Balaban J connectivity index is 1.92. The highest BCUT2D eigenvalue weighted by atomic mass is 16.5. The lowest BCUT2D eigenvalue weighted by Crippen LogP contribution is -2.19. The van der Waals surface area contributed by atoms with Gasteiger partial charge >= 0.3 is 0 Å². The molecular weight excluding hydrogens is 390 g/mol. The van der Waals surface area contributed by atoms with Gasteiger partial charge in [-0.3, -0.25) is 4.99 Å². The largest absolute Gasteiger partial charge is 0.495 e. The molecule has 0 saturated heterocycles. The average Bonchev–Trinajstić information content (AvgIpc) is 2.75. The number of nitrogens with two attached hydrogens (primary N) is 1. The summed E-state index contributed by atoms with van der Waals surface area (Å²) in [4.78, 5) is 17.6. The number of nitrogens with zero attached hydrogens (tertiary/aromatic N) is 4. The Bertz CT molecular complexity index is 1120. The van der Waals surface area contributed by atoms with Crippen molar-refractivity contribution >= 4 is 40.1 Å². The number of hydrogen-bond donors (Lipinski definition) is 3. The van der Waals surface area contributed by atoms with Gasteiger partial charge in [-0.1, -0.05) is 26.8 Å². The molecule has 0 aliphatic rings. The molecule has 0 radical (unpaired) electrons. The maximum absolute atomic E-state index is 5.72. The number of rotatable bonds is 7. The van der Waals surface area contributed by atoms with Gasteiger partial charge in [0.1, 0.15) is 11.3 Å². The number of hydrogen-bond acceptors (Lipinski definition) is 8. The van der Waals surface area contributed by atoms with Gasteiger partial charge in [-0.15, -0.1) is 0 Å². The second-order valence-electron chi connectivity index (χ2n) is 8.25. The fourth-order valence-electron chi connectivity index (χ4n) is 2.94. The predicted octanol–water partition coefficient (Wildman–Crippen LogP) is 4.24. The molecule has 4 N–H and O–H groups in total. The zero-order valence-electron chi connectivity index (χ0n) is 18.6. The van der Waals surface area contributed by atoms with E-state index in [0.717, 1.165) is 40.1 Å². The van der Waals surface area contributed by atoms with Crippen LogP contribution in [0.5, 0.6) is 5.75 Å². The van der Waals surface area contributed by atoms with Gasteiger partial charge in [0.15, 0.2) is 5.82 Å². The van der Waals surface area contributed by atoms with E-state index >= 15 is 0 Å². The number of ether oxygens (including phenoxy) is 1. The monoisotopic (exact) mass is 419 g/mol. The van der Waals surface area contributed by atoms with E-state index in [1.54, 1.807) is 32.8 Å². The summed E-state index contributed by atoms with van der Waals surface area (Å²) >= 11 is 0. The van der Waals surface area contributed by atoms with Crippen molar-refractivity contribution in [2.75, 3.05) is 31.3 Å². The minimum atomic E-state index is 0.117. The van der Waals surface area contributed by atoms with E-state index in [9.17, 15) is 0 Å². The van der Waals surface area contributed by atoms with Crippen molar-refractivity contribution in [3.8, 4) is 5.75 Å². The van der Waals surface area contributed by atoms with Crippen molar-refractivity contribution in [3.63, 3.8) is 0 Å². The van der Waals surface area contributed by atoms with E-state index in [0.29, 0.717) is 11.7 Å². The molecular formula is C23H29N7O. The summed E-state index contributed by atoms with van der Waals surface area (Å²) < 4.78 is 5.56. The minimum Gasteiger partial charge on any atom is -0.495 e. The molecule has 162 valence electrons. The zero-order valence-corrected chi connectivity index (χ0v) is 18.6. The Labute approximate surface area is 182 Å². The summed E-state index contributed by atoms with van der Waals surface area (Å²) in [6.07, 6.45) is 6.75. The summed E-state index contributed by atoms with van der Waals surface area (Å²) in [5.74, 6) is 1.83. The van der Waals surface area contributed by atoms with Gasteiger partial charge < -0.3 is 21.1 Å². The maximum Gasteiger partial charge on any atom is 0.227 e. The molecule has 0 aliphatic carbocycles. The Hall–Kier alpha value is -3.68. The number of nitrogens with one attached hydrogen (secondary N) is 2. The van der Waals surface area contributed by atoms with E-state index in [2.05, 4.69) is 46.4 Å². The van der Waals surface area contributed by atoms with Crippen LogP contribution < -0.4 is 21.1 Å². The van der Waals surface area contributed by atoms with Gasteiger partial charge in [-0.25, -0.2) is 15.0 Å². The zero-order chi connectivity index (χ0) is 22.4. The molecule has 31 heavy (non-hydrogen) atoms. The van der Waals surface area contributed by atoms with E-state index in [4.69, 9.17) is 15.5 Å². The molecule has 0 aliphatic heterocycles. The predicted molar refractivity (Wildman–Crippen MR) is 128 cm³/mol. The molecule has 1 aromatic carbocycles. The fourth-order valence-corrected chi connectivity index (χ4v) is 2.94. The average molecular weight is 420 g/mol. The van der Waals surface area contributed by atoms with Gasteiger partial charge in [0.2, 0.25) is 5.95 Å². The van der Waals surface area contributed by atoms with Crippen LogP contribution in [0.25, 0.3) is 16.5 Å². The lowest BCUT2D eigenvalue weighted by atomic mass is 9.97. The number of anilines is 3. The smallest absolute Gasteiger partial charge is 0.227 e. The molecule has 0 fully saturated rings. The topological polar surface area (TPSA) is 110 Å². The van der Waals surface area contributed by atoms with Gasteiger partial charge in [0, 0.05) is 49.4 Å². The van der Waals surface area contributed by atoms with Crippen LogP contribution in [0.1, 0.15) is 26.3 Å². The summed E-state index contributed by atoms with van der Waals surface area (Å²) in [6.45, 7) is 7.28. The molecule has 2 heterocycles. The molecule has 0 amide bonds. The van der Waals surface area contributed by atoms with Gasteiger partial charge in [-0.05, 0) is 29.2 Å². The standard InChI is InChI=1S/C23H29N7O/c1-23(2,3)14-28-21-20-16(8-9-26-21)13-27-22(30-20)29-18-7-6-15(10-19(18)31-5)17(11-24)12-25-4/h6-13H,14,24H2,1-5H3,(H,26,28)(H,27,29,30). The highest BCUT2D eigenvalue weighted by molar-refractivity contribution is 6.09. The van der Waals surface area contributed by atoms with Crippen LogP contribution >= 0.6 is 0 Å². The van der Waals surface area contributed by atoms with Crippen LogP contribution in [0.4, 0.5) is 17.5 Å². The molecule has 8 nitrogen and oxygen atoms in total. The molecule has 0 unspecified atom stereocenters. The minimum absolute atomic E-state index is 0.117. The summed E-state index contributed by atoms with van der Waals surface area (Å²) in [7, 11) is 3.32. The first-order valence-corrected chi connectivity index (χ1v) is 10.00. The Kier molecular flexibility index (Phi) is 6.69. The second-order valence-corrected chi connectivity index (χ2v) is 8.25. The second kappa shape index (κ2) is 9.42. The van der Waals surface area contributed by atoms with Crippen LogP contribution in [-0.4, -0.2) is 41.9 Å². The van der Waals surface area contributed by atoms with E-state index in [1.165, 1.54) is 6.20 Å². The number of methoxy groups -OCH3 is 1. The Morgan fingerprint density at radius 3 is 2.71 bits per heavy atom. The number of aromatic nitrogens is 3. The number of fused-ring (bicyclic) bond motifs is 1.